The first-order valence-electron chi connectivity index (χ1n) is 39.3. The molecule has 10 aromatic heterocycles. The molecule has 20 rings (SSSR count). The van der Waals surface area contributed by atoms with Crippen molar-refractivity contribution in [2.75, 3.05) is 0 Å². The Morgan fingerprint density at radius 2 is 0.458 bits per heavy atom. The second-order valence-corrected chi connectivity index (χ2v) is 28.9. The van der Waals surface area contributed by atoms with Crippen LogP contribution in [0.25, 0.3) is 67.6 Å². The van der Waals surface area contributed by atoms with E-state index in [1.807, 2.05) is 261 Å². The highest BCUT2D eigenvalue weighted by atomic mass is 16.3. The zero-order valence-electron chi connectivity index (χ0n) is 65.0. The largest absolute Gasteiger partial charge is 0.508 e. The number of hydrogen-bond acceptors (Lipinski definition) is 16. The Hall–Kier alpha value is -16.0. The van der Waals surface area contributed by atoms with Gasteiger partial charge in [-0.15, -0.1) is 0 Å². The van der Waals surface area contributed by atoms with Gasteiger partial charge in [-0.25, -0.2) is 39.9 Å². The smallest absolute Gasteiger partial charge is 0.219 e. The van der Waals surface area contributed by atoms with Crippen LogP contribution in [-0.4, -0.2) is 88.1 Å². The highest BCUT2D eigenvalue weighted by Gasteiger charge is 2.24. The van der Waals surface area contributed by atoms with Crippen LogP contribution in [0.2, 0.25) is 0 Å². The van der Waals surface area contributed by atoms with Crippen LogP contribution in [0.1, 0.15) is 90.5 Å². The Kier molecular flexibility index (Phi) is 22.6. The van der Waals surface area contributed by atoms with Crippen molar-refractivity contribution in [3.8, 4) is 80.0 Å². The van der Waals surface area contributed by atoms with E-state index in [1.165, 1.54) is 0 Å². The molecule has 0 aliphatic heterocycles. The monoisotopic (exact) mass is 1580 g/mol. The summed E-state index contributed by atoms with van der Waals surface area (Å²) in [6, 6.07) is 102. The molecule has 20 heteroatoms. The first kappa shape index (κ1) is 76.7. The molecule has 0 aliphatic rings. The number of aromatic hydroxyl groups is 6. The van der Waals surface area contributed by atoms with Crippen molar-refractivity contribution in [1.29, 1.82) is 0 Å². The van der Waals surface area contributed by atoms with Gasteiger partial charge in [-0.1, -0.05) is 255 Å². The van der Waals surface area contributed by atoms with Crippen molar-refractivity contribution in [3.63, 3.8) is 0 Å². The topological polar surface area (TPSA) is 268 Å². The number of benzene rings is 10. The molecule has 0 saturated heterocycles. The molecule has 0 bridgehead atoms. The van der Waals surface area contributed by atoms with Gasteiger partial charge in [-0.05, 0) is 94.0 Å². The van der Waals surface area contributed by atoms with Crippen LogP contribution >= 0.6 is 0 Å². The Balaban J connectivity index is 0.000000114. The average Bonchev–Trinajstić information content (AvgIpc) is 1.63. The van der Waals surface area contributed by atoms with Gasteiger partial charge in [0.1, 0.15) is 45.8 Å². The molecule has 20 nitrogen and oxygen atoms in total. The molecule has 0 aliphatic carbocycles. The molecule has 10 heterocycles. The lowest BCUT2D eigenvalue weighted by Crippen LogP contribution is -2.00. The lowest BCUT2D eigenvalue weighted by atomic mass is 10.1. The number of fused-ring (bicyclic) bond motifs is 4. The molecule has 0 amide bonds. The van der Waals surface area contributed by atoms with Crippen LogP contribution in [-0.2, 0) is 51.4 Å². The maximum absolute atomic E-state index is 11.0. The maximum atomic E-state index is 11.0. The lowest BCUT2D eigenvalue weighted by Gasteiger charge is -2.09. The van der Waals surface area contributed by atoms with Crippen LogP contribution in [0.4, 0.5) is 0 Å². The summed E-state index contributed by atoms with van der Waals surface area (Å²) in [5.74, 6) is 2.30. The van der Waals surface area contributed by atoms with Crippen LogP contribution in [0.15, 0.2) is 362 Å². The fourth-order valence-electron chi connectivity index (χ4n) is 14.5. The van der Waals surface area contributed by atoms with E-state index in [-0.39, 0.29) is 35.0 Å². The fraction of sp³-hybridized carbons (Fsp3) is 0.0800. The second kappa shape index (κ2) is 35.4. The zero-order chi connectivity index (χ0) is 81.7. The van der Waals surface area contributed by atoms with E-state index >= 15 is 0 Å². The molecule has 0 saturated carbocycles. The number of rotatable bonds is 20. The van der Waals surface area contributed by atoms with Gasteiger partial charge in [-0.2, -0.15) is 0 Å². The van der Waals surface area contributed by atoms with Gasteiger partial charge >= 0.3 is 0 Å². The van der Waals surface area contributed by atoms with E-state index in [4.69, 9.17) is 43.7 Å². The fourth-order valence-corrected chi connectivity index (χ4v) is 14.5. The van der Waals surface area contributed by atoms with Crippen molar-refractivity contribution in [1.82, 2.24) is 57.5 Å². The van der Waals surface area contributed by atoms with E-state index < -0.39 is 0 Å². The van der Waals surface area contributed by atoms with Gasteiger partial charge in [0.25, 0.3) is 0 Å². The third-order valence-corrected chi connectivity index (χ3v) is 20.5. The molecule has 20 aromatic rings. The second-order valence-electron chi connectivity index (χ2n) is 28.9. The van der Waals surface area contributed by atoms with Crippen LogP contribution in [0.5, 0.6) is 35.0 Å². The van der Waals surface area contributed by atoms with Crippen molar-refractivity contribution in [3.05, 3.63) is 443 Å². The summed E-state index contributed by atoms with van der Waals surface area (Å²) in [6.07, 6.45) is 14.8. The molecule has 0 spiro atoms. The SMILES string of the molecule is Oc1c(Cc2ccccc2)nc2c(Cc3ccccc3)nc(-c3ccccc3)cn12.Oc1c(Cc2ccco2)nc2c(Cc3ccccc3)nc(-c3ccccc3)cn12.Oc1ccc(-c2cn3c(O)c(Cc4ccccc4)nc3c(Cc3ccccc3)n2)cc1.Oc1cccc(-c2cn3c(O)c(Cc4ccco4)nc3c(Cc3ccccc3)n2)c1. The van der Waals surface area contributed by atoms with Crippen molar-refractivity contribution >= 4 is 22.6 Å². The number of phenolic OH excluding ortho intramolecular Hbond substituents is 2. The van der Waals surface area contributed by atoms with E-state index in [1.54, 1.807) is 72.9 Å². The standard InChI is InChI=1S/C26H21N3O2.C26H21N3O.C24H19N3O3.C24H19N3O2/c30-21-13-11-20(12-14-21)24-17-29-25(22(27-24)15-18-7-3-1-4-8-18)28-23(26(29)31)16-19-9-5-2-6-10-19;30-26-23(17-20-12-6-2-7-13-20)28-25-22(16-19-10-4-1-5-11-19)27-24(18-29(25)26)21-14-8-3-9-15-21;28-18-9-4-8-17(13-18)22-15-27-23(20(25-22)12-16-6-2-1-3-7-16)26-21(24(27)29)14-19-10-5-11-30-19;28-24-21(15-19-12-7-13-29-19)26-23-20(14-17-8-3-1-4-9-17)25-22(16-27(23)24)18-10-5-2-6-11-18/h1-14,17,30-31H,15-16H2;1-15,18,30H,16-17H2;1-11,13,15,28-29H,12,14H2;1-13,16,28H,14-15H2. The normalized spacial score (nSPS) is 11.1. The van der Waals surface area contributed by atoms with Gasteiger partial charge in [0.2, 0.25) is 23.5 Å². The third kappa shape index (κ3) is 17.8. The predicted octanol–water partition coefficient (Wildman–Crippen LogP) is 19.7. The van der Waals surface area contributed by atoms with Gasteiger partial charge in [-0.3, -0.25) is 17.6 Å². The quantitative estimate of drug-likeness (QED) is 0.0414. The molecular weight excluding hydrogens is 1500 g/mol. The molecule has 588 valence electrons. The summed E-state index contributed by atoms with van der Waals surface area (Å²) in [7, 11) is 0. The van der Waals surface area contributed by atoms with Gasteiger partial charge in [0.05, 0.1) is 70.9 Å². The number of furan rings is 2. The summed E-state index contributed by atoms with van der Waals surface area (Å²) in [5, 5.41) is 63.3. The minimum atomic E-state index is 0.0551. The van der Waals surface area contributed by atoms with Crippen LogP contribution in [0, 0.1) is 0 Å². The first-order chi connectivity index (χ1) is 58.9. The number of imidazole rings is 4. The predicted molar refractivity (Wildman–Crippen MR) is 462 cm³/mol. The van der Waals surface area contributed by atoms with E-state index in [0.29, 0.717) is 108 Å². The summed E-state index contributed by atoms with van der Waals surface area (Å²) < 4.78 is 17.7. The van der Waals surface area contributed by atoms with E-state index in [0.717, 1.165) is 101 Å². The third-order valence-electron chi connectivity index (χ3n) is 20.5. The van der Waals surface area contributed by atoms with Crippen LogP contribution < -0.4 is 0 Å². The molecule has 0 atom stereocenters. The molecule has 10 aromatic carbocycles. The maximum Gasteiger partial charge on any atom is 0.219 e. The van der Waals surface area contributed by atoms with E-state index in [9.17, 15) is 30.6 Å². The summed E-state index contributed by atoms with van der Waals surface area (Å²) in [6.45, 7) is 0. The molecule has 0 fully saturated rings. The first-order valence-corrected chi connectivity index (χ1v) is 39.3. The Morgan fingerprint density at radius 1 is 0.208 bits per heavy atom. The van der Waals surface area contributed by atoms with Gasteiger partial charge < -0.3 is 39.5 Å². The summed E-state index contributed by atoms with van der Waals surface area (Å²) in [5.41, 5.74) is 21.4. The number of nitrogens with zero attached hydrogens (tertiary/aromatic N) is 12. The van der Waals surface area contributed by atoms with E-state index in [2.05, 4.69) is 41.4 Å². The number of aromatic nitrogens is 12. The zero-order valence-corrected chi connectivity index (χ0v) is 65.0. The lowest BCUT2D eigenvalue weighted by molar-refractivity contribution is 0.438. The van der Waals surface area contributed by atoms with Gasteiger partial charge in [0, 0.05) is 85.6 Å². The average molecular weight is 1580 g/mol. The minimum Gasteiger partial charge on any atom is -0.508 e. The number of hydrogen-bond donors (Lipinski definition) is 6. The molecule has 0 unspecified atom stereocenters. The molecular formula is C100H80N12O8. The Labute approximate surface area is 690 Å². The Bertz CT molecular complexity index is 6820. The highest BCUT2D eigenvalue weighted by molar-refractivity contribution is 5.68. The van der Waals surface area contributed by atoms with Crippen molar-refractivity contribution < 1.29 is 39.5 Å². The number of phenols is 2. The van der Waals surface area contributed by atoms with Crippen molar-refractivity contribution in [2.24, 2.45) is 0 Å². The molecule has 0 radical (unpaired) electrons. The van der Waals surface area contributed by atoms with Gasteiger partial charge in [0.15, 0.2) is 22.6 Å². The van der Waals surface area contributed by atoms with Crippen LogP contribution in [0.3, 0.4) is 0 Å². The minimum absolute atomic E-state index is 0.0551. The van der Waals surface area contributed by atoms with Crippen molar-refractivity contribution in [2.45, 2.75) is 51.4 Å². The summed E-state index contributed by atoms with van der Waals surface area (Å²) in [4.78, 5) is 38.5. The Morgan fingerprint density at radius 3 is 0.733 bits per heavy atom. The molecule has 120 heavy (non-hydrogen) atoms. The highest BCUT2D eigenvalue weighted by Crippen LogP contribution is 2.35. The molecule has 6 N–H and O–H groups in total. The summed E-state index contributed by atoms with van der Waals surface area (Å²) >= 11 is 0.